The highest BCUT2D eigenvalue weighted by molar-refractivity contribution is 5.19. The summed E-state index contributed by atoms with van der Waals surface area (Å²) in [6.07, 6.45) is 9.29. The van der Waals surface area contributed by atoms with Crippen LogP contribution in [0.2, 0.25) is 0 Å². The summed E-state index contributed by atoms with van der Waals surface area (Å²) >= 11 is 0. The molecule has 1 rings (SSSR count). The van der Waals surface area contributed by atoms with Crippen LogP contribution in [-0.2, 0) is 0 Å². The molecule has 0 aromatic heterocycles. The average Bonchev–Trinajstić information content (AvgIpc) is 2.73. The zero-order valence-corrected chi connectivity index (χ0v) is 10.2. The van der Waals surface area contributed by atoms with Crippen molar-refractivity contribution >= 4 is 0 Å². The van der Waals surface area contributed by atoms with Gasteiger partial charge in [-0.1, -0.05) is 32.1 Å². The fourth-order valence-electron chi connectivity index (χ4n) is 1.65. The normalized spacial score (nSPS) is 18.4. The molecule has 0 aromatic carbocycles. The lowest BCUT2D eigenvalue weighted by Crippen LogP contribution is -2.21. The standard InChI is InChI=1S/C11H19N.C2H6/c1-3-7-11(4-2)10-12-8-5-6-9-12;1-2/h3-4,7H,5-6,8-10H2,1-2H3;1-2H3/b7-3-,11-4+;. The van der Waals surface area contributed by atoms with Gasteiger partial charge in [0.25, 0.3) is 0 Å². The predicted octanol–water partition coefficient (Wildman–Crippen LogP) is 3.63. The van der Waals surface area contributed by atoms with Gasteiger partial charge in [-0.3, -0.25) is 4.90 Å². The van der Waals surface area contributed by atoms with E-state index in [-0.39, 0.29) is 0 Å². The monoisotopic (exact) mass is 195 g/mol. The molecule has 0 amide bonds. The Balaban J connectivity index is 0.000000791. The predicted molar refractivity (Wildman–Crippen MR) is 65.6 cm³/mol. The molecule has 1 fully saturated rings. The molecule has 0 bridgehead atoms. The quantitative estimate of drug-likeness (QED) is 0.622. The molecule has 0 spiro atoms. The van der Waals surface area contributed by atoms with E-state index in [0.29, 0.717) is 0 Å². The zero-order chi connectivity index (χ0) is 10.8. The molecule has 1 heterocycles. The highest BCUT2D eigenvalue weighted by atomic mass is 15.1. The molecule has 0 aromatic rings. The lowest BCUT2D eigenvalue weighted by Gasteiger charge is -2.14. The highest BCUT2D eigenvalue weighted by Crippen LogP contribution is 2.10. The van der Waals surface area contributed by atoms with Crippen molar-refractivity contribution in [3.05, 3.63) is 23.8 Å². The zero-order valence-electron chi connectivity index (χ0n) is 10.2. The molecule has 14 heavy (non-hydrogen) atoms. The van der Waals surface area contributed by atoms with Gasteiger partial charge >= 0.3 is 0 Å². The SMILES string of the molecule is C/C=C\C(=C/C)CN1CCCC1.CC. The van der Waals surface area contributed by atoms with Gasteiger partial charge in [-0.2, -0.15) is 0 Å². The number of nitrogens with zero attached hydrogens (tertiary/aromatic N) is 1. The number of likely N-dealkylation sites (tertiary alicyclic amines) is 1. The van der Waals surface area contributed by atoms with Gasteiger partial charge in [0, 0.05) is 6.54 Å². The van der Waals surface area contributed by atoms with Crippen LogP contribution in [0, 0.1) is 0 Å². The third-order valence-electron chi connectivity index (χ3n) is 2.36. The molecule has 1 nitrogen and oxygen atoms in total. The van der Waals surface area contributed by atoms with Crippen molar-refractivity contribution in [2.45, 2.75) is 40.5 Å². The molecule has 0 aliphatic carbocycles. The van der Waals surface area contributed by atoms with Crippen LogP contribution in [0.1, 0.15) is 40.5 Å². The summed E-state index contributed by atoms with van der Waals surface area (Å²) in [5, 5.41) is 0. The van der Waals surface area contributed by atoms with E-state index in [1.165, 1.54) is 31.5 Å². The van der Waals surface area contributed by atoms with Crippen LogP contribution in [0.3, 0.4) is 0 Å². The van der Waals surface area contributed by atoms with Crippen molar-refractivity contribution in [1.82, 2.24) is 4.90 Å². The van der Waals surface area contributed by atoms with Crippen LogP contribution in [0.5, 0.6) is 0 Å². The average molecular weight is 195 g/mol. The molecule has 1 aliphatic heterocycles. The minimum absolute atomic E-state index is 1.14. The lowest BCUT2D eigenvalue weighted by atomic mass is 10.2. The van der Waals surface area contributed by atoms with E-state index >= 15 is 0 Å². The van der Waals surface area contributed by atoms with E-state index in [1.54, 1.807) is 0 Å². The van der Waals surface area contributed by atoms with E-state index < -0.39 is 0 Å². The first-order valence-electron chi connectivity index (χ1n) is 5.87. The largest absolute Gasteiger partial charge is 0.299 e. The second kappa shape index (κ2) is 9.01. The van der Waals surface area contributed by atoms with Gasteiger partial charge in [0.05, 0.1) is 0 Å². The summed E-state index contributed by atoms with van der Waals surface area (Å²) in [6, 6.07) is 0. The molecule has 0 N–H and O–H groups in total. The second-order valence-corrected chi connectivity index (χ2v) is 3.35. The van der Waals surface area contributed by atoms with Crippen LogP contribution < -0.4 is 0 Å². The minimum atomic E-state index is 1.14. The maximum absolute atomic E-state index is 2.52. The van der Waals surface area contributed by atoms with Gasteiger partial charge in [-0.25, -0.2) is 0 Å². The van der Waals surface area contributed by atoms with Crippen molar-refractivity contribution in [2.75, 3.05) is 19.6 Å². The van der Waals surface area contributed by atoms with E-state index in [4.69, 9.17) is 0 Å². The first kappa shape index (κ1) is 13.4. The van der Waals surface area contributed by atoms with Crippen molar-refractivity contribution in [3.63, 3.8) is 0 Å². The summed E-state index contributed by atoms with van der Waals surface area (Å²) in [5.41, 5.74) is 1.44. The van der Waals surface area contributed by atoms with Gasteiger partial charge in [-0.15, -0.1) is 0 Å². The van der Waals surface area contributed by atoms with Crippen molar-refractivity contribution in [2.24, 2.45) is 0 Å². The molecular formula is C13H25N. The van der Waals surface area contributed by atoms with Crippen LogP contribution in [0.15, 0.2) is 23.8 Å². The number of allylic oxidation sites excluding steroid dienone is 2. The third-order valence-corrected chi connectivity index (χ3v) is 2.36. The minimum Gasteiger partial charge on any atom is -0.299 e. The molecule has 0 radical (unpaired) electrons. The van der Waals surface area contributed by atoms with E-state index in [2.05, 4.69) is 37.0 Å². The lowest BCUT2D eigenvalue weighted by molar-refractivity contribution is 0.371. The maximum Gasteiger partial charge on any atom is 0.0230 e. The Bertz CT molecular complexity index is 174. The van der Waals surface area contributed by atoms with Crippen LogP contribution in [-0.4, -0.2) is 24.5 Å². The molecule has 0 saturated carbocycles. The van der Waals surface area contributed by atoms with Gasteiger partial charge in [0.15, 0.2) is 0 Å². The summed E-state index contributed by atoms with van der Waals surface area (Å²) in [6.45, 7) is 11.9. The third kappa shape index (κ3) is 5.23. The van der Waals surface area contributed by atoms with Gasteiger partial charge in [0.2, 0.25) is 0 Å². The molecule has 0 atom stereocenters. The smallest absolute Gasteiger partial charge is 0.0230 e. The first-order valence-corrected chi connectivity index (χ1v) is 5.87. The Labute approximate surface area is 89.5 Å². The summed E-state index contributed by atoms with van der Waals surface area (Å²) in [4.78, 5) is 2.52. The Morgan fingerprint density at radius 3 is 2.14 bits per heavy atom. The Hall–Kier alpha value is -0.560. The summed E-state index contributed by atoms with van der Waals surface area (Å²) < 4.78 is 0. The fourth-order valence-corrected chi connectivity index (χ4v) is 1.65. The maximum atomic E-state index is 2.52. The van der Waals surface area contributed by atoms with E-state index in [0.717, 1.165) is 6.54 Å². The van der Waals surface area contributed by atoms with Crippen molar-refractivity contribution < 1.29 is 0 Å². The molecular weight excluding hydrogens is 170 g/mol. The summed E-state index contributed by atoms with van der Waals surface area (Å²) in [5.74, 6) is 0. The number of hydrogen-bond acceptors (Lipinski definition) is 1. The van der Waals surface area contributed by atoms with Crippen molar-refractivity contribution in [1.29, 1.82) is 0 Å². The molecule has 1 saturated heterocycles. The van der Waals surface area contributed by atoms with Crippen LogP contribution >= 0.6 is 0 Å². The van der Waals surface area contributed by atoms with Crippen LogP contribution in [0.25, 0.3) is 0 Å². The highest BCUT2D eigenvalue weighted by Gasteiger charge is 2.10. The number of rotatable bonds is 3. The second-order valence-electron chi connectivity index (χ2n) is 3.35. The van der Waals surface area contributed by atoms with Gasteiger partial charge in [-0.05, 0) is 45.4 Å². The Morgan fingerprint density at radius 2 is 1.71 bits per heavy atom. The number of hydrogen-bond donors (Lipinski definition) is 0. The Morgan fingerprint density at radius 1 is 1.14 bits per heavy atom. The first-order chi connectivity index (χ1) is 6.86. The van der Waals surface area contributed by atoms with Crippen molar-refractivity contribution in [3.8, 4) is 0 Å². The van der Waals surface area contributed by atoms with Gasteiger partial charge in [0.1, 0.15) is 0 Å². The summed E-state index contributed by atoms with van der Waals surface area (Å²) in [7, 11) is 0. The van der Waals surface area contributed by atoms with E-state index in [9.17, 15) is 0 Å². The molecule has 82 valence electrons. The Kier molecular flexibility index (Phi) is 8.65. The molecule has 1 heteroatoms. The van der Waals surface area contributed by atoms with E-state index in [1.807, 2.05) is 13.8 Å². The topological polar surface area (TPSA) is 3.24 Å². The fraction of sp³-hybridized carbons (Fsp3) is 0.692. The molecule has 1 aliphatic rings. The van der Waals surface area contributed by atoms with Crippen LogP contribution in [0.4, 0.5) is 0 Å². The van der Waals surface area contributed by atoms with Gasteiger partial charge < -0.3 is 0 Å². The molecule has 0 unspecified atom stereocenters.